The highest BCUT2D eigenvalue weighted by Crippen LogP contribution is 2.15. The van der Waals surface area contributed by atoms with Gasteiger partial charge in [0.15, 0.2) is 0 Å². The van der Waals surface area contributed by atoms with Crippen molar-refractivity contribution >= 4 is 5.69 Å². The zero-order valence-corrected chi connectivity index (χ0v) is 10.3. The normalized spacial score (nSPS) is 12.5. The number of anilines is 1. The van der Waals surface area contributed by atoms with Crippen molar-refractivity contribution in [2.75, 3.05) is 32.2 Å². The maximum atomic E-state index is 5.90. The third kappa shape index (κ3) is 3.47. The predicted octanol–water partition coefficient (Wildman–Crippen LogP) is 1.57. The highest BCUT2D eigenvalue weighted by Gasteiger charge is 2.06. The molecular weight excluding hydrogens is 202 g/mol. The summed E-state index contributed by atoms with van der Waals surface area (Å²) >= 11 is 0. The van der Waals surface area contributed by atoms with Crippen LogP contribution in [0.3, 0.4) is 0 Å². The van der Waals surface area contributed by atoms with E-state index in [1.807, 2.05) is 25.4 Å². The van der Waals surface area contributed by atoms with Gasteiger partial charge in [-0.1, -0.05) is 6.92 Å². The molecule has 4 heteroatoms. The second-order valence-corrected chi connectivity index (χ2v) is 3.87. The molecule has 1 heterocycles. The van der Waals surface area contributed by atoms with Gasteiger partial charge >= 0.3 is 0 Å². The predicted molar refractivity (Wildman–Crippen MR) is 66.6 cm³/mol. The van der Waals surface area contributed by atoms with Crippen molar-refractivity contribution in [2.45, 2.75) is 19.4 Å². The Kier molecular flexibility index (Phi) is 5.22. The summed E-state index contributed by atoms with van der Waals surface area (Å²) in [6.45, 7) is 3.63. The first-order valence-corrected chi connectivity index (χ1v) is 5.60. The molecule has 0 saturated carbocycles. The zero-order chi connectivity index (χ0) is 12.0. The van der Waals surface area contributed by atoms with Crippen molar-refractivity contribution in [1.29, 1.82) is 0 Å². The lowest BCUT2D eigenvalue weighted by molar-refractivity contribution is 0.206. The quantitative estimate of drug-likeness (QED) is 0.795. The number of hydrogen-bond donors (Lipinski definition) is 1. The highest BCUT2D eigenvalue weighted by molar-refractivity contribution is 5.43. The summed E-state index contributed by atoms with van der Waals surface area (Å²) in [6.07, 6.45) is 2.77. The lowest BCUT2D eigenvalue weighted by atomic mass is 10.1. The van der Waals surface area contributed by atoms with E-state index in [1.165, 1.54) is 0 Å². The van der Waals surface area contributed by atoms with Crippen molar-refractivity contribution in [1.82, 2.24) is 4.98 Å². The number of methoxy groups -OCH3 is 1. The number of aromatic nitrogens is 1. The number of ether oxygens (including phenoxy) is 1. The summed E-state index contributed by atoms with van der Waals surface area (Å²) in [5, 5.41) is 0. The minimum absolute atomic E-state index is 0.0401. The van der Waals surface area contributed by atoms with Gasteiger partial charge in [0.1, 0.15) is 0 Å². The smallest absolute Gasteiger partial charge is 0.0637 e. The molecule has 0 fully saturated rings. The van der Waals surface area contributed by atoms with E-state index in [1.54, 1.807) is 7.11 Å². The summed E-state index contributed by atoms with van der Waals surface area (Å²) in [5.41, 5.74) is 7.94. The fourth-order valence-corrected chi connectivity index (χ4v) is 1.41. The van der Waals surface area contributed by atoms with Crippen LogP contribution in [0.4, 0.5) is 5.69 Å². The molecule has 0 bridgehead atoms. The third-order valence-electron chi connectivity index (χ3n) is 2.66. The van der Waals surface area contributed by atoms with Crippen molar-refractivity contribution in [3.05, 3.63) is 24.0 Å². The maximum Gasteiger partial charge on any atom is 0.0637 e. The van der Waals surface area contributed by atoms with Gasteiger partial charge in [-0.3, -0.25) is 4.98 Å². The van der Waals surface area contributed by atoms with Crippen molar-refractivity contribution in [3.63, 3.8) is 0 Å². The maximum absolute atomic E-state index is 5.90. The molecule has 0 aliphatic rings. The van der Waals surface area contributed by atoms with Crippen LogP contribution in [0.1, 0.15) is 25.1 Å². The average molecular weight is 223 g/mol. The SMILES string of the molecule is CC[C@H](N)c1ccc(N(C)CCOC)cn1. The molecule has 0 unspecified atom stereocenters. The Hall–Kier alpha value is -1.13. The van der Waals surface area contributed by atoms with E-state index in [0.29, 0.717) is 6.61 Å². The number of likely N-dealkylation sites (N-methyl/N-ethyl adjacent to an activating group) is 1. The number of nitrogens with zero attached hydrogens (tertiary/aromatic N) is 2. The van der Waals surface area contributed by atoms with Crippen LogP contribution in [-0.4, -0.2) is 32.3 Å². The van der Waals surface area contributed by atoms with Gasteiger partial charge in [0, 0.05) is 26.7 Å². The van der Waals surface area contributed by atoms with Gasteiger partial charge in [-0.05, 0) is 18.6 Å². The van der Waals surface area contributed by atoms with E-state index in [0.717, 1.165) is 24.3 Å². The molecule has 0 aliphatic heterocycles. The molecule has 0 aliphatic carbocycles. The largest absolute Gasteiger partial charge is 0.383 e. The first-order chi connectivity index (χ1) is 7.69. The molecule has 1 rings (SSSR count). The Morgan fingerprint density at radius 1 is 1.50 bits per heavy atom. The van der Waals surface area contributed by atoms with Crippen LogP contribution in [0.5, 0.6) is 0 Å². The number of hydrogen-bond acceptors (Lipinski definition) is 4. The number of nitrogens with two attached hydrogens (primary N) is 1. The monoisotopic (exact) mass is 223 g/mol. The molecule has 1 aromatic rings. The minimum atomic E-state index is 0.0401. The fraction of sp³-hybridized carbons (Fsp3) is 0.583. The molecule has 0 aromatic carbocycles. The Bertz CT molecular complexity index is 300. The van der Waals surface area contributed by atoms with E-state index in [9.17, 15) is 0 Å². The van der Waals surface area contributed by atoms with Crippen molar-refractivity contribution in [3.8, 4) is 0 Å². The van der Waals surface area contributed by atoms with Gasteiger partial charge in [-0.25, -0.2) is 0 Å². The summed E-state index contributed by atoms with van der Waals surface area (Å²) in [5.74, 6) is 0. The minimum Gasteiger partial charge on any atom is -0.383 e. The molecule has 1 aromatic heterocycles. The van der Waals surface area contributed by atoms with Crippen molar-refractivity contribution in [2.24, 2.45) is 5.73 Å². The Morgan fingerprint density at radius 2 is 2.25 bits per heavy atom. The van der Waals surface area contributed by atoms with E-state index in [2.05, 4.69) is 16.8 Å². The highest BCUT2D eigenvalue weighted by atomic mass is 16.5. The lowest BCUT2D eigenvalue weighted by Gasteiger charge is -2.19. The molecule has 1 atom stereocenters. The van der Waals surface area contributed by atoms with E-state index >= 15 is 0 Å². The zero-order valence-electron chi connectivity index (χ0n) is 10.3. The average Bonchev–Trinajstić information content (AvgIpc) is 2.35. The fourth-order valence-electron chi connectivity index (χ4n) is 1.41. The molecule has 0 amide bonds. The van der Waals surface area contributed by atoms with Crippen LogP contribution in [0.15, 0.2) is 18.3 Å². The molecule has 2 N–H and O–H groups in total. The second-order valence-electron chi connectivity index (χ2n) is 3.87. The van der Waals surface area contributed by atoms with Crippen LogP contribution < -0.4 is 10.6 Å². The molecule has 4 nitrogen and oxygen atoms in total. The third-order valence-corrected chi connectivity index (χ3v) is 2.66. The van der Waals surface area contributed by atoms with Gasteiger partial charge in [0.05, 0.1) is 24.2 Å². The van der Waals surface area contributed by atoms with Gasteiger partial charge < -0.3 is 15.4 Å². The van der Waals surface area contributed by atoms with Gasteiger partial charge in [0.2, 0.25) is 0 Å². The molecule has 0 spiro atoms. The van der Waals surface area contributed by atoms with Gasteiger partial charge in [-0.15, -0.1) is 0 Å². The van der Waals surface area contributed by atoms with Crippen LogP contribution in [0.25, 0.3) is 0 Å². The van der Waals surface area contributed by atoms with Crippen molar-refractivity contribution < 1.29 is 4.74 Å². The second kappa shape index (κ2) is 6.45. The molecule has 90 valence electrons. The lowest BCUT2D eigenvalue weighted by Crippen LogP contribution is -2.22. The van der Waals surface area contributed by atoms with Crippen LogP contribution in [0, 0.1) is 0 Å². The summed E-state index contributed by atoms with van der Waals surface area (Å²) < 4.78 is 5.03. The Balaban J connectivity index is 2.63. The first-order valence-electron chi connectivity index (χ1n) is 5.60. The first kappa shape index (κ1) is 12.9. The van der Waals surface area contributed by atoms with Gasteiger partial charge in [-0.2, -0.15) is 0 Å². The van der Waals surface area contributed by atoms with Gasteiger partial charge in [0.25, 0.3) is 0 Å². The summed E-state index contributed by atoms with van der Waals surface area (Å²) in [7, 11) is 3.73. The number of pyridine rings is 1. The summed E-state index contributed by atoms with van der Waals surface area (Å²) in [4.78, 5) is 6.48. The standard InChI is InChI=1S/C12H21N3O/c1-4-11(13)12-6-5-10(9-14-12)15(2)7-8-16-3/h5-6,9,11H,4,7-8,13H2,1-3H3/t11-/m0/s1. The Labute approximate surface area is 97.4 Å². The molecule has 0 saturated heterocycles. The van der Waals surface area contributed by atoms with E-state index < -0.39 is 0 Å². The molecule has 16 heavy (non-hydrogen) atoms. The summed E-state index contributed by atoms with van der Waals surface area (Å²) in [6, 6.07) is 4.08. The molecule has 0 radical (unpaired) electrons. The van der Waals surface area contributed by atoms with E-state index in [4.69, 9.17) is 10.5 Å². The van der Waals surface area contributed by atoms with Crippen LogP contribution >= 0.6 is 0 Å². The number of rotatable bonds is 6. The van der Waals surface area contributed by atoms with E-state index in [-0.39, 0.29) is 6.04 Å². The van der Waals surface area contributed by atoms with Crippen LogP contribution in [-0.2, 0) is 4.74 Å². The topological polar surface area (TPSA) is 51.4 Å². The Morgan fingerprint density at radius 3 is 2.75 bits per heavy atom. The van der Waals surface area contributed by atoms with Crippen LogP contribution in [0.2, 0.25) is 0 Å². The molecular formula is C12H21N3O.